The van der Waals surface area contributed by atoms with Gasteiger partial charge in [-0.05, 0) is 35.7 Å². The van der Waals surface area contributed by atoms with Gasteiger partial charge in [0.25, 0.3) is 0 Å². The molecule has 0 spiro atoms. The second-order valence-corrected chi connectivity index (χ2v) is 6.16. The number of benzene rings is 2. The van der Waals surface area contributed by atoms with Crippen LogP contribution >= 0.6 is 0 Å². The lowest BCUT2D eigenvalue weighted by molar-refractivity contribution is 0.0944. The molecule has 2 aromatic carbocycles. The normalized spacial score (nSPS) is 18.7. The SMILES string of the molecule is O=C1C=C(NN2CCCCC2)C(=O)c2cc3ccccc3cc21. The fourth-order valence-electron chi connectivity index (χ4n) is 3.31. The van der Waals surface area contributed by atoms with Gasteiger partial charge in [-0.15, -0.1) is 0 Å². The number of rotatable bonds is 2. The number of allylic oxidation sites excluding steroid dienone is 2. The molecule has 1 saturated heterocycles. The number of hydrogen-bond acceptors (Lipinski definition) is 4. The zero-order valence-electron chi connectivity index (χ0n) is 12.8. The second kappa shape index (κ2) is 5.63. The highest BCUT2D eigenvalue weighted by Crippen LogP contribution is 2.26. The molecule has 1 N–H and O–H groups in total. The molecule has 4 rings (SSSR count). The van der Waals surface area contributed by atoms with E-state index in [4.69, 9.17) is 0 Å². The number of piperidine rings is 1. The van der Waals surface area contributed by atoms with Crippen molar-refractivity contribution in [1.82, 2.24) is 10.4 Å². The topological polar surface area (TPSA) is 49.4 Å². The van der Waals surface area contributed by atoms with Crippen molar-refractivity contribution in [2.24, 2.45) is 0 Å². The van der Waals surface area contributed by atoms with Gasteiger partial charge in [0.15, 0.2) is 5.78 Å². The van der Waals surface area contributed by atoms with Crippen molar-refractivity contribution in [3.63, 3.8) is 0 Å². The number of fused-ring (bicyclic) bond motifs is 2. The number of carbonyl (C=O) groups excluding carboxylic acids is 2. The van der Waals surface area contributed by atoms with E-state index in [1.165, 1.54) is 12.5 Å². The largest absolute Gasteiger partial charge is 0.315 e. The predicted molar refractivity (Wildman–Crippen MR) is 89.3 cm³/mol. The van der Waals surface area contributed by atoms with Crippen LogP contribution in [-0.4, -0.2) is 29.7 Å². The Morgan fingerprint density at radius 2 is 1.52 bits per heavy atom. The number of hydrazine groups is 1. The minimum atomic E-state index is -0.107. The first kappa shape index (κ1) is 14.2. The van der Waals surface area contributed by atoms with Crippen molar-refractivity contribution >= 4 is 22.3 Å². The van der Waals surface area contributed by atoms with E-state index in [1.54, 1.807) is 0 Å². The molecule has 0 bridgehead atoms. The van der Waals surface area contributed by atoms with Crippen LogP contribution in [0.15, 0.2) is 48.2 Å². The summed E-state index contributed by atoms with van der Waals surface area (Å²) < 4.78 is 0. The van der Waals surface area contributed by atoms with Gasteiger partial charge in [0.1, 0.15) is 5.70 Å². The molecule has 1 aliphatic carbocycles. The van der Waals surface area contributed by atoms with Gasteiger partial charge in [-0.2, -0.15) is 0 Å². The molecule has 0 atom stereocenters. The molecule has 23 heavy (non-hydrogen) atoms. The van der Waals surface area contributed by atoms with Gasteiger partial charge in [-0.1, -0.05) is 30.7 Å². The third-order valence-corrected chi connectivity index (χ3v) is 4.55. The average Bonchev–Trinajstić information content (AvgIpc) is 2.59. The molecule has 4 nitrogen and oxygen atoms in total. The molecule has 0 radical (unpaired) electrons. The maximum Gasteiger partial charge on any atom is 0.211 e. The van der Waals surface area contributed by atoms with Gasteiger partial charge < -0.3 is 5.43 Å². The van der Waals surface area contributed by atoms with E-state index in [9.17, 15) is 9.59 Å². The fraction of sp³-hybridized carbons (Fsp3) is 0.263. The minimum Gasteiger partial charge on any atom is -0.315 e. The molecule has 1 aliphatic heterocycles. The summed E-state index contributed by atoms with van der Waals surface area (Å²) in [7, 11) is 0. The average molecular weight is 306 g/mol. The van der Waals surface area contributed by atoms with Crippen LogP contribution in [0.1, 0.15) is 40.0 Å². The quantitative estimate of drug-likeness (QED) is 0.926. The van der Waals surface area contributed by atoms with Crippen molar-refractivity contribution in [2.75, 3.05) is 13.1 Å². The Hall–Kier alpha value is -2.46. The number of carbonyl (C=O) groups is 2. The molecular formula is C19H18N2O2. The molecule has 2 aliphatic rings. The first-order chi connectivity index (χ1) is 11.2. The van der Waals surface area contributed by atoms with Crippen LogP contribution in [0.2, 0.25) is 0 Å². The molecule has 1 heterocycles. The highest BCUT2D eigenvalue weighted by atomic mass is 16.1. The Bertz CT molecular complexity index is 832. The Morgan fingerprint density at radius 1 is 0.870 bits per heavy atom. The molecule has 0 aromatic heterocycles. The number of nitrogens with one attached hydrogen (secondary N) is 1. The lowest BCUT2D eigenvalue weighted by Crippen LogP contribution is -2.43. The number of ketones is 2. The summed E-state index contributed by atoms with van der Waals surface area (Å²) in [6.07, 6.45) is 4.89. The summed E-state index contributed by atoms with van der Waals surface area (Å²) in [5, 5.41) is 3.99. The summed E-state index contributed by atoms with van der Waals surface area (Å²) in [6, 6.07) is 11.4. The molecule has 4 heteroatoms. The zero-order valence-corrected chi connectivity index (χ0v) is 12.8. The van der Waals surface area contributed by atoms with E-state index in [0.717, 1.165) is 36.7 Å². The maximum absolute atomic E-state index is 12.8. The number of hydrogen-bond donors (Lipinski definition) is 1. The Kier molecular flexibility index (Phi) is 3.46. The molecule has 0 saturated carbocycles. The number of Topliss-reactive ketones (excluding diaryl/α,β-unsaturated/α-hetero) is 1. The van der Waals surface area contributed by atoms with Crippen molar-refractivity contribution in [2.45, 2.75) is 19.3 Å². The lowest BCUT2D eigenvalue weighted by Gasteiger charge is -2.29. The highest BCUT2D eigenvalue weighted by Gasteiger charge is 2.27. The van der Waals surface area contributed by atoms with Crippen molar-refractivity contribution < 1.29 is 9.59 Å². The Labute approximate surface area is 134 Å². The summed E-state index contributed by atoms with van der Waals surface area (Å²) in [5.41, 5.74) is 4.53. The Balaban J connectivity index is 1.70. The maximum atomic E-state index is 12.8. The smallest absolute Gasteiger partial charge is 0.211 e. The van der Waals surface area contributed by atoms with E-state index < -0.39 is 0 Å². The van der Waals surface area contributed by atoms with Gasteiger partial charge in [-0.25, -0.2) is 5.01 Å². The standard InChI is InChI=1S/C19H18N2O2/c22-18-12-17(20-21-8-4-1-5-9-21)19(23)16-11-14-7-3-2-6-13(14)10-15(16)18/h2-3,6-7,10-12,20H,1,4-5,8-9H2. The third kappa shape index (κ3) is 2.55. The molecular weight excluding hydrogens is 288 g/mol. The Morgan fingerprint density at radius 3 is 2.22 bits per heavy atom. The van der Waals surface area contributed by atoms with Crippen LogP contribution in [-0.2, 0) is 0 Å². The molecule has 0 amide bonds. The highest BCUT2D eigenvalue weighted by molar-refractivity contribution is 6.25. The van der Waals surface area contributed by atoms with E-state index in [1.807, 2.05) is 41.4 Å². The first-order valence-electron chi connectivity index (χ1n) is 8.07. The van der Waals surface area contributed by atoms with Gasteiger partial charge >= 0.3 is 0 Å². The third-order valence-electron chi connectivity index (χ3n) is 4.55. The van der Waals surface area contributed by atoms with Gasteiger partial charge in [0.05, 0.1) is 0 Å². The molecule has 116 valence electrons. The summed E-state index contributed by atoms with van der Waals surface area (Å²) in [6.45, 7) is 1.81. The van der Waals surface area contributed by atoms with Gasteiger partial charge in [-0.3, -0.25) is 9.59 Å². The molecule has 2 aromatic rings. The van der Waals surface area contributed by atoms with Crippen LogP contribution in [0.4, 0.5) is 0 Å². The van der Waals surface area contributed by atoms with E-state index in [2.05, 4.69) is 5.43 Å². The van der Waals surface area contributed by atoms with E-state index in [0.29, 0.717) is 16.8 Å². The molecule has 0 unspecified atom stereocenters. The lowest BCUT2D eigenvalue weighted by atomic mass is 9.90. The minimum absolute atomic E-state index is 0.101. The van der Waals surface area contributed by atoms with E-state index >= 15 is 0 Å². The van der Waals surface area contributed by atoms with Crippen LogP contribution in [0, 0.1) is 0 Å². The van der Waals surface area contributed by atoms with Crippen LogP contribution in [0.3, 0.4) is 0 Å². The predicted octanol–water partition coefficient (Wildman–Crippen LogP) is 3.09. The molecule has 1 fully saturated rings. The van der Waals surface area contributed by atoms with Gasteiger partial charge in [0, 0.05) is 30.3 Å². The summed E-state index contributed by atoms with van der Waals surface area (Å²) in [4.78, 5) is 25.2. The van der Waals surface area contributed by atoms with Crippen LogP contribution < -0.4 is 5.43 Å². The van der Waals surface area contributed by atoms with Gasteiger partial charge in [0.2, 0.25) is 5.78 Å². The van der Waals surface area contributed by atoms with E-state index in [-0.39, 0.29) is 11.6 Å². The van der Waals surface area contributed by atoms with Crippen LogP contribution in [0.5, 0.6) is 0 Å². The second-order valence-electron chi connectivity index (χ2n) is 6.16. The fourth-order valence-corrected chi connectivity index (χ4v) is 3.31. The summed E-state index contributed by atoms with van der Waals surface area (Å²) in [5.74, 6) is -0.208. The monoisotopic (exact) mass is 306 g/mol. The summed E-state index contributed by atoms with van der Waals surface area (Å²) >= 11 is 0. The van der Waals surface area contributed by atoms with Crippen LogP contribution in [0.25, 0.3) is 10.8 Å². The van der Waals surface area contributed by atoms with Crippen molar-refractivity contribution in [3.8, 4) is 0 Å². The zero-order chi connectivity index (χ0) is 15.8. The number of nitrogens with zero attached hydrogens (tertiary/aromatic N) is 1. The van der Waals surface area contributed by atoms with Crippen molar-refractivity contribution in [3.05, 3.63) is 59.3 Å². The first-order valence-corrected chi connectivity index (χ1v) is 8.07. The van der Waals surface area contributed by atoms with Crippen molar-refractivity contribution in [1.29, 1.82) is 0 Å².